The zero-order chi connectivity index (χ0) is 13.4. The van der Waals surface area contributed by atoms with E-state index in [-0.39, 0.29) is 5.91 Å². The average molecular weight is 255 g/mol. The molecule has 1 aliphatic heterocycles. The molecule has 0 spiro atoms. The van der Waals surface area contributed by atoms with E-state index in [1.54, 1.807) is 6.07 Å². The van der Waals surface area contributed by atoms with Crippen LogP contribution in [0.5, 0.6) is 0 Å². The van der Waals surface area contributed by atoms with Crippen LogP contribution < -0.4 is 5.73 Å². The smallest absolute Gasteiger partial charge is 0.254 e. The first kappa shape index (κ1) is 12.0. The third-order valence-corrected chi connectivity index (χ3v) is 3.78. The van der Waals surface area contributed by atoms with Gasteiger partial charge in [-0.1, -0.05) is 18.2 Å². The molecule has 98 valence electrons. The number of pyridine rings is 1. The van der Waals surface area contributed by atoms with Crippen molar-refractivity contribution < 1.29 is 4.79 Å². The predicted octanol–water partition coefficient (Wildman–Crippen LogP) is 2.44. The summed E-state index contributed by atoms with van der Waals surface area (Å²) in [4.78, 5) is 18.9. The molecule has 0 saturated carbocycles. The van der Waals surface area contributed by atoms with Crippen LogP contribution in [0.15, 0.2) is 30.3 Å². The Labute approximate surface area is 112 Å². The van der Waals surface area contributed by atoms with Gasteiger partial charge in [0.2, 0.25) is 0 Å². The molecule has 3 rings (SSSR count). The Morgan fingerprint density at radius 2 is 2.21 bits per heavy atom. The van der Waals surface area contributed by atoms with E-state index >= 15 is 0 Å². The lowest BCUT2D eigenvalue weighted by atomic mass is 10.1. The highest BCUT2D eigenvalue weighted by Crippen LogP contribution is 2.25. The van der Waals surface area contributed by atoms with E-state index < -0.39 is 0 Å². The molecule has 19 heavy (non-hydrogen) atoms. The Hall–Kier alpha value is -2.10. The third-order valence-electron chi connectivity index (χ3n) is 3.78. The van der Waals surface area contributed by atoms with Gasteiger partial charge in [-0.3, -0.25) is 4.79 Å². The second-order valence-corrected chi connectivity index (χ2v) is 5.10. The SMILES string of the molecule is CC1CCCN1C(=O)c1cc(N)nc2ccccc12. The van der Waals surface area contributed by atoms with Gasteiger partial charge in [-0.25, -0.2) is 4.98 Å². The molecule has 0 bridgehead atoms. The molecule has 1 fully saturated rings. The number of fused-ring (bicyclic) bond motifs is 1. The summed E-state index contributed by atoms with van der Waals surface area (Å²) < 4.78 is 0. The number of benzene rings is 1. The van der Waals surface area contributed by atoms with Crippen LogP contribution in [0, 0.1) is 0 Å². The van der Waals surface area contributed by atoms with Crippen LogP contribution in [0.25, 0.3) is 10.9 Å². The van der Waals surface area contributed by atoms with Gasteiger partial charge in [-0.05, 0) is 31.9 Å². The van der Waals surface area contributed by atoms with Crippen LogP contribution in [-0.4, -0.2) is 28.4 Å². The van der Waals surface area contributed by atoms with Crippen LogP contribution in [0.2, 0.25) is 0 Å². The standard InChI is InChI=1S/C15H17N3O/c1-10-5-4-8-18(10)15(19)12-9-14(16)17-13-7-3-2-6-11(12)13/h2-3,6-7,9-10H,4-5,8H2,1H3,(H2,16,17). The minimum Gasteiger partial charge on any atom is -0.384 e. The van der Waals surface area contributed by atoms with E-state index in [4.69, 9.17) is 5.73 Å². The van der Waals surface area contributed by atoms with E-state index in [2.05, 4.69) is 11.9 Å². The maximum atomic E-state index is 12.7. The van der Waals surface area contributed by atoms with Gasteiger partial charge in [-0.2, -0.15) is 0 Å². The normalized spacial score (nSPS) is 19.0. The van der Waals surface area contributed by atoms with Gasteiger partial charge in [0.25, 0.3) is 5.91 Å². The molecule has 1 aromatic heterocycles. The van der Waals surface area contributed by atoms with E-state index in [9.17, 15) is 4.79 Å². The quantitative estimate of drug-likeness (QED) is 0.851. The summed E-state index contributed by atoms with van der Waals surface area (Å²) in [5.41, 5.74) is 7.25. The average Bonchev–Trinajstić information content (AvgIpc) is 2.83. The number of carbonyl (C=O) groups excluding carboxylic acids is 1. The van der Waals surface area contributed by atoms with Crippen molar-refractivity contribution in [3.8, 4) is 0 Å². The van der Waals surface area contributed by atoms with Crippen molar-refractivity contribution in [3.63, 3.8) is 0 Å². The monoisotopic (exact) mass is 255 g/mol. The van der Waals surface area contributed by atoms with Gasteiger partial charge < -0.3 is 10.6 Å². The number of hydrogen-bond acceptors (Lipinski definition) is 3. The van der Waals surface area contributed by atoms with Crippen molar-refractivity contribution >= 4 is 22.6 Å². The summed E-state index contributed by atoms with van der Waals surface area (Å²) in [5, 5.41) is 0.876. The molecule has 1 atom stereocenters. The highest BCUT2D eigenvalue weighted by Gasteiger charge is 2.27. The Bertz CT molecular complexity index is 638. The van der Waals surface area contributed by atoms with Crippen molar-refractivity contribution in [2.45, 2.75) is 25.8 Å². The van der Waals surface area contributed by atoms with Crippen molar-refractivity contribution in [1.82, 2.24) is 9.88 Å². The number of nitrogens with two attached hydrogens (primary N) is 1. The molecule has 1 aliphatic rings. The fourth-order valence-electron chi connectivity index (χ4n) is 2.76. The maximum Gasteiger partial charge on any atom is 0.254 e. The lowest BCUT2D eigenvalue weighted by molar-refractivity contribution is 0.0749. The van der Waals surface area contributed by atoms with Crippen molar-refractivity contribution in [2.24, 2.45) is 0 Å². The second kappa shape index (κ2) is 4.53. The number of carbonyl (C=O) groups is 1. The van der Waals surface area contributed by atoms with Gasteiger partial charge in [0.1, 0.15) is 5.82 Å². The van der Waals surface area contributed by atoms with Crippen LogP contribution in [0.3, 0.4) is 0 Å². The lowest BCUT2D eigenvalue weighted by Gasteiger charge is -2.22. The van der Waals surface area contributed by atoms with E-state index in [0.717, 1.165) is 30.3 Å². The van der Waals surface area contributed by atoms with E-state index in [1.807, 2.05) is 29.2 Å². The summed E-state index contributed by atoms with van der Waals surface area (Å²) in [6.07, 6.45) is 2.15. The van der Waals surface area contributed by atoms with Crippen LogP contribution in [0.4, 0.5) is 5.82 Å². The molecule has 0 radical (unpaired) electrons. The number of rotatable bonds is 1. The van der Waals surface area contributed by atoms with Crippen LogP contribution in [0.1, 0.15) is 30.1 Å². The van der Waals surface area contributed by atoms with E-state index in [1.165, 1.54) is 0 Å². The number of nitrogens with zero attached hydrogens (tertiary/aromatic N) is 2. The van der Waals surface area contributed by atoms with Gasteiger partial charge in [0, 0.05) is 18.0 Å². The van der Waals surface area contributed by atoms with Crippen molar-refractivity contribution in [2.75, 3.05) is 12.3 Å². The fourth-order valence-corrected chi connectivity index (χ4v) is 2.76. The molecule has 2 heterocycles. The second-order valence-electron chi connectivity index (χ2n) is 5.10. The number of aromatic nitrogens is 1. The molecule has 1 unspecified atom stereocenters. The summed E-state index contributed by atoms with van der Waals surface area (Å²) in [6.45, 7) is 2.92. The van der Waals surface area contributed by atoms with Gasteiger partial charge in [-0.15, -0.1) is 0 Å². The number of anilines is 1. The lowest BCUT2D eigenvalue weighted by Crippen LogP contribution is -2.33. The molecule has 0 aliphatic carbocycles. The molecular formula is C15H17N3O. The van der Waals surface area contributed by atoms with Gasteiger partial charge >= 0.3 is 0 Å². The maximum absolute atomic E-state index is 12.7. The molecule has 1 saturated heterocycles. The summed E-state index contributed by atoms with van der Waals surface area (Å²) >= 11 is 0. The number of amides is 1. The molecule has 2 aromatic rings. The zero-order valence-electron chi connectivity index (χ0n) is 11.0. The minimum atomic E-state index is 0.0651. The van der Waals surface area contributed by atoms with Crippen molar-refractivity contribution in [3.05, 3.63) is 35.9 Å². The number of para-hydroxylation sites is 1. The first-order valence-electron chi connectivity index (χ1n) is 6.63. The van der Waals surface area contributed by atoms with Crippen molar-refractivity contribution in [1.29, 1.82) is 0 Å². The Kier molecular flexibility index (Phi) is 2.85. The summed E-state index contributed by atoms with van der Waals surface area (Å²) in [5.74, 6) is 0.462. The molecular weight excluding hydrogens is 238 g/mol. The molecule has 4 heteroatoms. The Morgan fingerprint density at radius 1 is 1.42 bits per heavy atom. The third kappa shape index (κ3) is 2.03. The largest absolute Gasteiger partial charge is 0.384 e. The number of hydrogen-bond donors (Lipinski definition) is 1. The predicted molar refractivity (Wildman–Crippen MR) is 75.9 cm³/mol. The Balaban J connectivity index is 2.11. The topological polar surface area (TPSA) is 59.2 Å². The van der Waals surface area contributed by atoms with Crippen LogP contribution >= 0.6 is 0 Å². The molecule has 2 N–H and O–H groups in total. The highest BCUT2D eigenvalue weighted by atomic mass is 16.2. The highest BCUT2D eigenvalue weighted by molar-refractivity contribution is 6.07. The van der Waals surface area contributed by atoms with Gasteiger partial charge in [0.15, 0.2) is 0 Å². The molecule has 1 amide bonds. The van der Waals surface area contributed by atoms with Crippen LogP contribution in [-0.2, 0) is 0 Å². The van der Waals surface area contributed by atoms with E-state index in [0.29, 0.717) is 17.4 Å². The molecule has 4 nitrogen and oxygen atoms in total. The first-order valence-corrected chi connectivity index (χ1v) is 6.63. The number of likely N-dealkylation sites (tertiary alicyclic amines) is 1. The summed E-state index contributed by atoms with van der Waals surface area (Å²) in [6, 6.07) is 9.63. The molecule has 1 aromatic carbocycles. The first-order chi connectivity index (χ1) is 9.16. The summed E-state index contributed by atoms with van der Waals surface area (Å²) in [7, 11) is 0. The fraction of sp³-hybridized carbons (Fsp3) is 0.333. The number of nitrogen functional groups attached to an aromatic ring is 1. The Morgan fingerprint density at radius 3 is 2.95 bits per heavy atom. The zero-order valence-corrected chi connectivity index (χ0v) is 11.0. The van der Waals surface area contributed by atoms with Gasteiger partial charge in [0.05, 0.1) is 11.1 Å². The minimum absolute atomic E-state index is 0.0651.